The van der Waals surface area contributed by atoms with Crippen molar-refractivity contribution < 1.29 is 36.0 Å². The van der Waals surface area contributed by atoms with E-state index in [0.29, 0.717) is 12.8 Å². The van der Waals surface area contributed by atoms with Crippen LogP contribution in [-0.4, -0.2) is 63.8 Å². The molecule has 2 aliphatic rings. The number of benzene rings is 1. The first-order chi connectivity index (χ1) is 16.5. The number of urea groups is 1. The number of nitrogens with one attached hydrogen (secondary N) is 2. The van der Waals surface area contributed by atoms with E-state index in [-0.39, 0.29) is 43.7 Å². The van der Waals surface area contributed by atoms with E-state index in [9.17, 15) is 31.6 Å². The lowest BCUT2D eigenvalue weighted by Crippen LogP contribution is -2.54. The lowest BCUT2D eigenvalue weighted by atomic mass is 10.0. The van der Waals surface area contributed by atoms with Crippen molar-refractivity contribution in [2.24, 2.45) is 0 Å². The van der Waals surface area contributed by atoms with Crippen LogP contribution in [0, 0.1) is 11.6 Å². The summed E-state index contributed by atoms with van der Waals surface area (Å²) in [7, 11) is -3.33. The smallest absolute Gasteiger partial charge is 0.319 e. The summed E-state index contributed by atoms with van der Waals surface area (Å²) in [6.45, 7) is 3.63. The normalized spacial score (nSPS) is 21.4. The topological polar surface area (TPSA) is 116 Å². The Labute approximate surface area is 200 Å². The highest BCUT2D eigenvalue weighted by molar-refractivity contribution is 7.91. The second kappa shape index (κ2) is 10.5. The molecule has 1 aromatic carbocycles. The molecule has 0 aromatic heterocycles. The van der Waals surface area contributed by atoms with Gasteiger partial charge in [-0.15, -0.1) is 0 Å². The molecular weight excluding hydrogens is 489 g/mol. The van der Waals surface area contributed by atoms with Crippen LogP contribution in [0.25, 0.3) is 0 Å². The van der Waals surface area contributed by atoms with Gasteiger partial charge in [-0.05, 0) is 37.5 Å². The number of carbonyl (C=O) groups excluding carboxylic acids is 3. The molecular formula is C22H25F3N4O5S. The van der Waals surface area contributed by atoms with E-state index in [1.165, 1.54) is 17.0 Å². The van der Waals surface area contributed by atoms with E-state index < -0.39 is 56.2 Å². The van der Waals surface area contributed by atoms with Gasteiger partial charge in [0, 0.05) is 25.9 Å². The van der Waals surface area contributed by atoms with E-state index in [4.69, 9.17) is 0 Å². The Morgan fingerprint density at radius 2 is 1.83 bits per heavy atom. The molecule has 1 unspecified atom stereocenters. The summed E-state index contributed by atoms with van der Waals surface area (Å²) in [5, 5.41) is 3.72. The Morgan fingerprint density at radius 1 is 1.17 bits per heavy atom. The quantitative estimate of drug-likeness (QED) is 0.327. The number of allylic oxidation sites excluding steroid dienone is 2. The summed E-state index contributed by atoms with van der Waals surface area (Å²) in [4.78, 5) is 38.1. The molecule has 3 amide bonds. The molecule has 3 rings (SSSR count). The van der Waals surface area contributed by atoms with E-state index in [2.05, 4.69) is 17.2 Å². The predicted octanol–water partition coefficient (Wildman–Crippen LogP) is 1.95. The lowest BCUT2D eigenvalue weighted by Gasteiger charge is -2.33. The molecule has 2 saturated heterocycles. The van der Waals surface area contributed by atoms with Crippen molar-refractivity contribution in [2.75, 3.05) is 35.7 Å². The molecule has 9 nitrogen and oxygen atoms in total. The summed E-state index contributed by atoms with van der Waals surface area (Å²) >= 11 is 0. The summed E-state index contributed by atoms with van der Waals surface area (Å²) in [6.07, 6.45) is 2.75. The molecule has 2 atom stereocenters. The fourth-order valence-corrected chi connectivity index (χ4v) is 5.10. The molecule has 2 aliphatic heterocycles. The van der Waals surface area contributed by atoms with Gasteiger partial charge in [-0.3, -0.25) is 9.59 Å². The number of carbonyl (C=O) groups is 3. The Kier molecular flexibility index (Phi) is 7.88. The molecule has 190 valence electrons. The molecule has 0 radical (unpaired) electrons. The largest absolute Gasteiger partial charge is 0.368 e. The summed E-state index contributed by atoms with van der Waals surface area (Å²) in [5.74, 6) is -4.43. The van der Waals surface area contributed by atoms with Crippen LogP contribution < -0.4 is 20.4 Å². The molecule has 13 heteroatoms. The molecule has 35 heavy (non-hydrogen) atoms. The lowest BCUT2D eigenvalue weighted by molar-refractivity contribution is -0.121. The number of hydrogen-bond donors (Lipinski definition) is 2. The molecule has 0 saturated carbocycles. The van der Waals surface area contributed by atoms with Crippen LogP contribution in [0.3, 0.4) is 0 Å². The van der Waals surface area contributed by atoms with Gasteiger partial charge in [-0.1, -0.05) is 6.58 Å². The summed E-state index contributed by atoms with van der Waals surface area (Å²) < 4.78 is 67.0. The molecule has 2 N–H and O–H groups in total. The van der Waals surface area contributed by atoms with Gasteiger partial charge in [0.15, 0.2) is 33.6 Å². The first kappa shape index (κ1) is 26.3. The third kappa shape index (κ3) is 5.66. The van der Waals surface area contributed by atoms with Crippen LogP contribution in [0.5, 0.6) is 0 Å². The summed E-state index contributed by atoms with van der Waals surface area (Å²) in [5.41, 5.74) is -0.904. The number of piperidine rings is 1. The fraction of sp³-hybridized carbons (Fsp3) is 0.409. The van der Waals surface area contributed by atoms with Crippen LogP contribution >= 0.6 is 0 Å². The Hall–Kier alpha value is -3.35. The first-order valence-electron chi connectivity index (χ1n) is 10.8. The van der Waals surface area contributed by atoms with Crippen LogP contribution in [0.4, 0.5) is 29.3 Å². The van der Waals surface area contributed by atoms with Gasteiger partial charge in [0.1, 0.15) is 6.04 Å². The van der Waals surface area contributed by atoms with Crippen molar-refractivity contribution in [3.05, 3.63) is 47.9 Å². The number of rotatable bonds is 7. The van der Waals surface area contributed by atoms with E-state index in [1.54, 1.807) is 0 Å². The minimum atomic E-state index is -3.33. The van der Waals surface area contributed by atoms with Gasteiger partial charge in [0.2, 0.25) is 5.91 Å². The molecule has 0 spiro atoms. The Balaban J connectivity index is 1.76. The SMILES string of the molecule is C=C/C(NC(=O)N[C@@H]1CCCN(c2ccc(N3CCC(S(C)(=O)=O)C3)c(F)c2F)C1=O)=C(/F)C=O. The van der Waals surface area contributed by atoms with Crippen LogP contribution in [0.1, 0.15) is 19.3 Å². The average Bonchev–Trinajstić information content (AvgIpc) is 3.31. The van der Waals surface area contributed by atoms with Crippen LogP contribution in [0.15, 0.2) is 36.3 Å². The highest BCUT2D eigenvalue weighted by Gasteiger charge is 2.35. The van der Waals surface area contributed by atoms with Crippen LogP contribution in [0.2, 0.25) is 0 Å². The molecule has 2 heterocycles. The zero-order chi connectivity index (χ0) is 25.9. The number of halogens is 3. The molecule has 1 aromatic rings. The second-order valence-electron chi connectivity index (χ2n) is 8.28. The highest BCUT2D eigenvalue weighted by Crippen LogP contribution is 2.33. The van der Waals surface area contributed by atoms with Gasteiger partial charge in [0.25, 0.3) is 0 Å². The number of nitrogens with zero attached hydrogens (tertiary/aromatic N) is 2. The monoisotopic (exact) mass is 514 g/mol. The van der Waals surface area contributed by atoms with Crippen molar-refractivity contribution >= 4 is 39.4 Å². The maximum Gasteiger partial charge on any atom is 0.319 e. The van der Waals surface area contributed by atoms with Gasteiger partial charge < -0.3 is 20.4 Å². The van der Waals surface area contributed by atoms with Gasteiger partial charge >= 0.3 is 6.03 Å². The Bertz CT molecular complexity index is 1190. The molecule has 0 bridgehead atoms. The van der Waals surface area contributed by atoms with Gasteiger partial charge in [-0.25, -0.2) is 26.4 Å². The van der Waals surface area contributed by atoms with Crippen LogP contribution in [-0.2, 0) is 19.4 Å². The number of hydrogen-bond acceptors (Lipinski definition) is 6. The fourth-order valence-electron chi connectivity index (χ4n) is 4.11. The summed E-state index contributed by atoms with van der Waals surface area (Å²) in [6, 6.07) is 0.442. The number of amides is 3. The van der Waals surface area contributed by atoms with Crippen molar-refractivity contribution in [2.45, 2.75) is 30.6 Å². The zero-order valence-electron chi connectivity index (χ0n) is 18.9. The minimum Gasteiger partial charge on any atom is -0.368 e. The third-order valence-corrected chi connectivity index (χ3v) is 7.58. The van der Waals surface area contributed by atoms with Crippen molar-refractivity contribution in [3.8, 4) is 0 Å². The van der Waals surface area contributed by atoms with Gasteiger partial charge in [-0.2, -0.15) is 0 Å². The minimum absolute atomic E-state index is 0.0319. The Morgan fingerprint density at radius 3 is 2.43 bits per heavy atom. The maximum atomic E-state index is 15.0. The number of aldehydes is 1. The highest BCUT2D eigenvalue weighted by atomic mass is 32.2. The standard InChI is InChI=1S/C22H25F3N4O5S/c1-3-15(14(23)12-30)26-22(32)27-16-5-4-9-29(21(16)31)18-7-6-17(19(24)20(18)25)28-10-8-13(11-28)35(2,33)34/h3,6-7,12-13,16H,1,4-5,8-11H2,2H3,(H2,26,27,32)/b15-14-/t13?,16-/m1/s1. The second-order valence-corrected chi connectivity index (χ2v) is 10.6. The van der Waals surface area contributed by atoms with Crippen molar-refractivity contribution in [1.82, 2.24) is 10.6 Å². The molecule has 2 fully saturated rings. The zero-order valence-corrected chi connectivity index (χ0v) is 19.7. The third-order valence-electron chi connectivity index (χ3n) is 5.98. The van der Waals surface area contributed by atoms with E-state index >= 15 is 4.39 Å². The van der Waals surface area contributed by atoms with E-state index in [1.807, 2.05) is 0 Å². The maximum absolute atomic E-state index is 15.0. The van der Waals surface area contributed by atoms with Crippen molar-refractivity contribution in [3.63, 3.8) is 0 Å². The van der Waals surface area contributed by atoms with Gasteiger partial charge in [0.05, 0.1) is 22.3 Å². The predicted molar refractivity (Wildman–Crippen MR) is 123 cm³/mol. The van der Waals surface area contributed by atoms with E-state index in [0.717, 1.165) is 17.2 Å². The average molecular weight is 515 g/mol. The molecule has 0 aliphatic carbocycles. The van der Waals surface area contributed by atoms with Crippen molar-refractivity contribution in [1.29, 1.82) is 0 Å². The number of anilines is 2. The number of sulfone groups is 1. The first-order valence-corrected chi connectivity index (χ1v) is 12.7.